The maximum Gasteiger partial charge on any atom is 0.324 e. The van der Waals surface area contributed by atoms with E-state index >= 15 is 0 Å². The SMILES string of the molecule is COC(=O)C1(c2nc(C#N)c3ccccn23)COC1. The first-order valence-electron chi connectivity index (χ1n) is 5.77. The number of hydrogen-bond acceptors (Lipinski definition) is 5. The number of hydrogen-bond donors (Lipinski definition) is 0. The molecule has 0 aliphatic carbocycles. The van der Waals surface area contributed by atoms with Gasteiger partial charge in [0.25, 0.3) is 0 Å². The molecule has 1 aliphatic heterocycles. The summed E-state index contributed by atoms with van der Waals surface area (Å²) in [5.74, 6) is 0.108. The van der Waals surface area contributed by atoms with Gasteiger partial charge in [0.15, 0.2) is 11.1 Å². The quantitative estimate of drug-likeness (QED) is 0.738. The third-order valence-corrected chi connectivity index (χ3v) is 3.36. The lowest BCUT2D eigenvalue weighted by molar-refractivity contribution is -0.167. The fraction of sp³-hybridized carbons (Fsp3) is 0.308. The predicted molar refractivity (Wildman–Crippen MR) is 64.4 cm³/mol. The van der Waals surface area contributed by atoms with E-state index in [-0.39, 0.29) is 19.2 Å². The van der Waals surface area contributed by atoms with Crippen LogP contribution in [0.3, 0.4) is 0 Å². The highest BCUT2D eigenvalue weighted by atomic mass is 16.5. The predicted octanol–water partition coefficient (Wildman–Crippen LogP) is 0.647. The van der Waals surface area contributed by atoms with Gasteiger partial charge >= 0.3 is 5.97 Å². The van der Waals surface area contributed by atoms with Crippen molar-refractivity contribution in [2.24, 2.45) is 0 Å². The molecule has 2 aromatic heterocycles. The second-order valence-electron chi connectivity index (χ2n) is 4.42. The fourth-order valence-electron chi connectivity index (χ4n) is 2.30. The highest BCUT2D eigenvalue weighted by molar-refractivity contribution is 5.84. The summed E-state index contributed by atoms with van der Waals surface area (Å²) in [5.41, 5.74) is 0.0645. The standard InChI is InChI=1S/C13H11N3O3/c1-18-12(17)13(7-19-8-13)11-15-9(6-14)10-4-2-3-5-16(10)11/h2-5H,7-8H2,1H3. The minimum absolute atomic E-state index is 0.221. The van der Waals surface area contributed by atoms with E-state index in [2.05, 4.69) is 4.98 Å². The van der Waals surface area contributed by atoms with Gasteiger partial charge < -0.3 is 13.9 Å². The van der Waals surface area contributed by atoms with Crippen LogP contribution in [0.25, 0.3) is 5.52 Å². The summed E-state index contributed by atoms with van der Waals surface area (Å²) in [4.78, 5) is 16.3. The molecule has 0 atom stereocenters. The Morgan fingerprint density at radius 1 is 1.58 bits per heavy atom. The van der Waals surface area contributed by atoms with Crippen molar-refractivity contribution in [2.75, 3.05) is 20.3 Å². The molecule has 19 heavy (non-hydrogen) atoms. The van der Waals surface area contributed by atoms with Crippen molar-refractivity contribution in [2.45, 2.75) is 5.41 Å². The number of rotatable bonds is 2. The molecule has 0 amide bonds. The van der Waals surface area contributed by atoms with E-state index < -0.39 is 5.41 Å². The molecule has 1 saturated heterocycles. The van der Waals surface area contributed by atoms with Crippen LogP contribution in [0.15, 0.2) is 24.4 Å². The molecule has 2 aromatic rings. The van der Waals surface area contributed by atoms with Gasteiger partial charge in [-0.25, -0.2) is 4.98 Å². The topological polar surface area (TPSA) is 76.6 Å². The Kier molecular flexibility index (Phi) is 2.50. The smallest absolute Gasteiger partial charge is 0.324 e. The number of imidazole rings is 1. The Morgan fingerprint density at radius 2 is 2.37 bits per heavy atom. The van der Waals surface area contributed by atoms with Gasteiger partial charge in [0.2, 0.25) is 0 Å². The third-order valence-electron chi connectivity index (χ3n) is 3.36. The van der Waals surface area contributed by atoms with Gasteiger partial charge in [0, 0.05) is 6.20 Å². The number of carbonyl (C=O) groups excluding carboxylic acids is 1. The molecule has 0 spiro atoms. The minimum Gasteiger partial charge on any atom is -0.468 e. The van der Waals surface area contributed by atoms with Crippen LogP contribution < -0.4 is 0 Å². The van der Waals surface area contributed by atoms with Gasteiger partial charge in [-0.2, -0.15) is 5.26 Å². The molecule has 0 N–H and O–H groups in total. The van der Waals surface area contributed by atoms with E-state index in [1.165, 1.54) is 7.11 Å². The molecule has 6 nitrogen and oxygen atoms in total. The second kappa shape index (κ2) is 4.07. The maximum absolute atomic E-state index is 12.0. The van der Waals surface area contributed by atoms with E-state index in [1.54, 1.807) is 16.7 Å². The van der Waals surface area contributed by atoms with E-state index in [0.29, 0.717) is 17.0 Å². The van der Waals surface area contributed by atoms with Crippen LogP contribution in [-0.4, -0.2) is 35.7 Å². The Labute approximate surface area is 109 Å². The summed E-state index contributed by atoms with van der Waals surface area (Å²) in [6.07, 6.45) is 1.78. The lowest BCUT2D eigenvalue weighted by Gasteiger charge is -2.37. The molecule has 6 heteroatoms. The number of methoxy groups -OCH3 is 1. The van der Waals surface area contributed by atoms with E-state index in [4.69, 9.17) is 14.7 Å². The summed E-state index contributed by atoms with van der Waals surface area (Å²) in [6, 6.07) is 7.48. The Hall–Kier alpha value is -2.39. The van der Waals surface area contributed by atoms with Crippen molar-refractivity contribution in [1.82, 2.24) is 9.38 Å². The summed E-state index contributed by atoms with van der Waals surface area (Å²) in [5, 5.41) is 9.13. The van der Waals surface area contributed by atoms with E-state index in [0.717, 1.165) is 0 Å². The Bertz CT molecular complexity index is 695. The number of ether oxygens (including phenoxy) is 2. The summed E-state index contributed by atoms with van der Waals surface area (Å²) >= 11 is 0. The minimum atomic E-state index is -0.909. The highest BCUT2D eigenvalue weighted by Crippen LogP contribution is 2.34. The molecule has 0 radical (unpaired) electrons. The van der Waals surface area contributed by atoms with Crippen molar-refractivity contribution in [3.63, 3.8) is 0 Å². The highest BCUT2D eigenvalue weighted by Gasteiger charge is 2.52. The van der Waals surface area contributed by atoms with Gasteiger partial charge in [-0.15, -0.1) is 0 Å². The van der Waals surface area contributed by atoms with Crippen molar-refractivity contribution in [3.8, 4) is 6.07 Å². The zero-order chi connectivity index (χ0) is 13.5. The van der Waals surface area contributed by atoms with Gasteiger partial charge in [0.1, 0.15) is 11.9 Å². The van der Waals surface area contributed by atoms with Crippen LogP contribution in [0.5, 0.6) is 0 Å². The van der Waals surface area contributed by atoms with Gasteiger partial charge in [-0.1, -0.05) is 6.07 Å². The number of nitriles is 1. The molecule has 3 heterocycles. The van der Waals surface area contributed by atoms with Crippen molar-refractivity contribution < 1.29 is 14.3 Å². The molecule has 0 unspecified atom stereocenters. The molecule has 0 bridgehead atoms. The Balaban J connectivity index is 2.26. The first-order valence-corrected chi connectivity index (χ1v) is 5.77. The van der Waals surface area contributed by atoms with Gasteiger partial charge in [-0.05, 0) is 12.1 Å². The first kappa shape index (κ1) is 11.7. The molecule has 96 valence electrons. The lowest BCUT2D eigenvalue weighted by Crippen LogP contribution is -2.54. The molecular formula is C13H11N3O3. The molecular weight excluding hydrogens is 246 g/mol. The largest absolute Gasteiger partial charge is 0.468 e. The van der Waals surface area contributed by atoms with Gasteiger partial charge in [-0.3, -0.25) is 4.79 Å². The molecule has 0 saturated carbocycles. The van der Waals surface area contributed by atoms with Crippen LogP contribution in [0.2, 0.25) is 0 Å². The maximum atomic E-state index is 12.0. The summed E-state index contributed by atoms with van der Waals surface area (Å²) < 4.78 is 11.8. The van der Waals surface area contributed by atoms with Gasteiger partial charge in [0.05, 0.1) is 25.8 Å². The number of pyridine rings is 1. The average Bonchev–Trinajstić information content (AvgIpc) is 2.77. The number of fused-ring (bicyclic) bond motifs is 1. The average molecular weight is 257 g/mol. The number of nitrogens with zero attached hydrogens (tertiary/aromatic N) is 3. The molecule has 1 aliphatic rings. The van der Waals surface area contributed by atoms with Crippen LogP contribution in [0.4, 0.5) is 0 Å². The Morgan fingerprint density at radius 3 is 2.95 bits per heavy atom. The van der Waals surface area contributed by atoms with Crippen LogP contribution in [-0.2, 0) is 19.7 Å². The normalized spacial score (nSPS) is 16.6. The zero-order valence-corrected chi connectivity index (χ0v) is 10.3. The monoisotopic (exact) mass is 257 g/mol. The van der Waals surface area contributed by atoms with Crippen LogP contribution in [0, 0.1) is 11.3 Å². The number of esters is 1. The van der Waals surface area contributed by atoms with Crippen LogP contribution in [0.1, 0.15) is 11.5 Å². The number of aromatic nitrogens is 2. The summed E-state index contributed by atoms with van der Waals surface area (Å²) in [6.45, 7) is 0.442. The zero-order valence-electron chi connectivity index (χ0n) is 10.3. The van der Waals surface area contributed by atoms with E-state index in [9.17, 15) is 4.79 Å². The van der Waals surface area contributed by atoms with Crippen molar-refractivity contribution >= 4 is 11.5 Å². The van der Waals surface area contributed by atoms with Crippen molar-refractivity contribution in [3.05, 3.63) is 35.9 Å². The molecule has 1 fully saturated rings. The lowest BCUT2D eigenvalue weighted by atomic mass is 9.85. The van der Waals surface area contributed by atoms with E-state index in [1.807, 2.05) is 18.2 Å². The van der Waals surface area contributed by atoms with Crippen LogP contribution >= 0.6 is 0 Å². The first-order chi connectivity index (χ1) is 9.23. The second-order valence-corrected chi connectivity index (χ2v) is 4.42. The summed E-state index contributed by atoms with van der Waals surface area (Å²) in [7, 11) is 1.34. The molecule has 0 aromatic carbocycles. The molecule has 3 rings (SSSR count). The fourth-order valence-corrected chi connectivity index (χ4v) is 2.30. The number of carbonyl (C=O) groups is 1. The third kappa shape index (κ3) is 1.45. The van der Waals surface area contributed by atoms with Crippen molar-refractivity contribution in [1.29, 1.82) is 5.26 Å².